The molecule has 0 spiro atoms. The molecule has 1 aliphatic heterocycles. The third-order valence-electron chi connectivity index (χ3n) is 6.06. The zero-order chi connectivity index (χ0) is 23.7. The highest BCUT2D eigenvalue weighted by Gasteiger charge is 2.33. The van der Waals surface area contributed by atoms with Crippen molar-refractivity contribution in [2.45, 2.75) is 12.6 Å². The molecule has 5 rings (SSSR count). The number of carbonyl (C=O) groups is 1. The third kappa shape index (κ3) is 3.86. The van der Waals surface area contributed by atoms with E-state index in [1.807, 2.05) is 59.6 Å². The van der Waals surface area contributed by atoms with E-state index >= 15 is 0 Å². The maximum absolute atomic E-state index is 13.9. The standard InChI is InChI=1S/C27H24ClN3O3/c1-33-24-16-25(34-2)21(15-20(24)28)29-27(32)31-17-19-11-6-7-12-22(19)30-14-8-13-23(30)26(31)18-9-4-3-5-10-18/h3-16,26H,17H2,1-2H3,(H,29,32). The third-order valence-corrected chi connectivity index (χ3v) is 6.35. The smallest absolute Gasteiger partial charge is 0.323 e. The van der Waals surface area contributed by atoms with Gasteiger partial charge >= 0.3 is 6.03 Å². The van der Waals surface area contributed by atoms with Gasteiger partial charge in [0, 0.05) is 18.0 Å². The number of urea groups is 1. The van der Waals surface area contributed by atoms with E-state index in [0.717, 1.165) is 22.5 Å². The monoisotopic (exact) mass is 473 g/mol. The van der Waals surface area contributed by atoms with Crippen molar-refractivity contribution in [1.82, 2.24) is 9.47 Å². The zero-order valence-corrected chi connectivity index (χ0v) is 19.6. The van der Waals surface area contributed by atoms with Gasteiger partial charge in [-0.05, 0) is 35.4 Å². The number of anilines is 1. The first-order chi connectivity index (χ1) is 16.6. The molecule has 1 unspecified atom stereocenters. The van der Waals surface area contributed by atoms with E-state index in [4.69, 9.17) is 21.1 Å². The van der Waals surface area contributed by atoms with Crippen LogP contribution in [0.25, 0.3) is 5.69 Å². The van der Waals surface area contributed by atoms with Gasteiger partial charge in [0.05, 0.1) is 43.2 Å². The molecule has 0 bridgehead atoms. The Morgan fingerprint density at radius 3 is 2.44 bits per heavy atom. The first kappa shape index (κ1) is 21.9. The predicted octanol–water partition coefficient (Wildman–Crippen LogP) is 6.29. The van der Waals surface area contributed by atoms with Gasteiger partial charge in [-0.3, -0.25) is 0 Å². The van der Waals surface area contributed by atoms with Crippen LogP contribution in [-0.4, -0.2) is 29.7 Å². The molecule has 0 radical (unpaired) electrons. The summed E-state index contributed by atoms with van der Waals surface area (Å²) in [5.41, 5.74) is 4.60. The van der Waals surface area contributed by atoms with Crippen LogP contribution >= 0.6 is 11.6 Å². The molecule has 6 nitrogen and oxygen atoms in total. The number of nitrogens with zero attached hydrogens (tertiary/aromatic N) is 2. The number of fused-ring (bicyclic) bond motifs is 3. The van der Waals surface area contributed by atoms with Crippen LogP contribution in [-0.2, 0) is 6.54 Å². The largest absolute Gasteiger partial charge is 0.495 e. The molecule has 1 atom stereocenters. The fourth-order valence-electron chi connectivity index (χ4n) is 4.47. The number of halogens is 1. The topological polar surface area (TPSA) is 55.7 Å². The summed E-state index contributed by atoms with van der Waals surface area (Å²) in [5, 5.41) is 3.40. The summed E-state index contributed by atoms with van der Waals surface area (Å²) in [7, 11) is 3.08. The van der Waals surface area contributed by atoms with Crippen LogP contribution in [0.15, 0.2) is 85.1 Å². The molecule has 0 saturated carbocycles. The fourth-order valence-corrected chi connectivity index (χ4v) is 4.71. The van der Waals surface area contributed by atoms with Crippen LogP contribution in [0.1, 0.15) is 22.9 Å². The molecule has 4 aromatic rings. The van der Waals surface area contributed by atoms with Crippen molar-refractivity contribution in [3.63, 3.8) is 0 Å². The van der Waals surface area contributed by atoms with Crippen LogP contribution in [0.5, 0.6) is 11.5 Å². The Hall–Kier alpha value is -3.90. The van der Waals surface area contributed by atoms with E-state index in [1.165, 1.54) is 7.11 Å². The number of para-hydroxylation sites is 1. The average molecular weight is 474 g/mol. The lowest BCUT2D eigenvalue weighted by Gasteiger charge is -2.31. The number of benzene rings is 3. The Morgan fingerprint density at radius 1 is 0.941 bits per heavy atom. The summed E-state index contributed by atoms with van der Waals surface area (Å²) in [6.07, 6.45) is 2.04. The maximum Gasteiger partial charge on any atom is 0.323 e. The second-order valence-corrected chi connectivity index (χ2v) is 8.40. The second-order valence-electron chi connectivity index (χ2n) is 7.99. The first-order valence-corrected chi connectivity index (χ1v) is 11.3. The lowest BCUT2D eigenvalue weighted by molar-refractivity contribution is 0.194. The van der Waals surface area contributed by atoms with Crippen LogP contribution in [0.3, 0.4) is 0 Å². The second kappa shape index (κ2) is 9.15. The molecule has 34 heavy (non-hydrogen) atoms. The zero-order valence-electron chi connectivity index (χ0n) is 18.9. The Morgan fingerprint density at radius 2 is 1.68 bits per heavy atom. The highest BCUT2D eigenvalue weighted by Crippen LogP contribution is 2.39. The minimum Gasteiger partial charge on any atom is -0.495 e. The summed E-state index contributed by atoms with van der Waals surface area (Å²) < 4.78 is 12.9. The van der Waals surface area contributed by atoms with E-state index in [0.29, 0.717) is 28.8 Å². The van der Waals surface area contributed by atoms with E-state index in [1.54, 1.807) is 19.2 Å². The normalized spacial score (nSPS) is 14.6. The lowest BCUT2D eigenvalue weighted by atomic mass is 10.0. The maximum atomic E-state index is 13.9. The Kier molecular flexibility index (Phi) is 5.90. The van der Waals surface area contributed by atoms with Gasteiger partial charge in [-0.1, -0.05) is 60.1 Å². The highest BCUT2D eigenvalue weighted by molar-refractivity contribution is 6.32. The number of rotatable bonds is 4. The number of carbonyl (C=O) groups excluding carboxylic acids is 1. The Bertz CT molecular complexity index is 1340. The van der Waals surface area contributed by atoms with Crippen molar-refractivity contribution < 1.29 is 14.3 Å². The molecule has 2 amide bonds. The van der Waals surface area contributed by atoms with E-state index < -0.39 is 0 Å². The Labute approximate surface area is 203 Å². The number of ether oxygens (including phenoxy) is 2. The van der Waals surface area contributed by atoms with Gasteiger partial charge in [-0.2, -0.15) is 0 Å². The summed E-state index contributed by atoms with van der Waals surface area (Å²) in [5.74, 6) is 0.935. The molecule has 0 aliphatic carbocycles. The molecular formula is C27H24ClN3O3. The molecule has 7 heteroatoms. The number of methoxy groups -OCH3 is 2. The van der Waals surface area contributed by atoms with Gasteiger partial charge in [-0.15, -0.1) is 0 Å². The summed E-state index contributed by atoms with van der Waals surface area (Å²) in [4.78, 5) is 15.7. The SMILES string of the molecule is COc1cc(OC)c(NC(=O)N2Cc3ccccc3-n3cccc3C2c2ccccc2)cc1Cl. The van der Waals surface area contributed by atoms with Crippen LogP contribution in [0.4, 0.5) is 10.5 Å². The number of nitrogens with one attached hydrogen (secondary N) is 1. The van der Waals surface area contributed by atoms with Gasteiger partial charge < -0.3 is 24.3 Å². The van der Waals surface area contributed by atoms with Crippen molar-refractivity contribution in [2.75, 3.05) is 19.5 Å². The molecule has 0 saturated heterocycles. The van der Waals surface area contributed by atoms with E-state index in [-0.39, 0.29) is 12.1 Å². The average Bonchev–Trinajstić information content (AvgIpc) is 3.29. The van der Waals surface area contributed by atoms with Gasteiger partial charge in [-0.25, -0.2) is 4.79 Å². The molecule has 2 heterocycles. The molecule has 1 aliphatic rings. The lowest BCUT2D eigenvalue weighted by Crippen LogP contribution is -2.38. The minimum atomic E-state index is -0.302. The van der Waals surface area contributed by atoms with Crippen molar-refractivity contribution >= 4 is 23.3 Å². The highest BCUT2D eigenvalue weighted by atomic mass is 35.5. The van der Waals surface area contributed by atoms with Crippen LogP contribution in [0, 0.1) is 0 Å². The molecule has 0 fully saturated rings. The van der Waals surface area contributed by atoms with E-state index in [2.05, 4.69) is 28.1 Å². The summed E-state index contributed by atoms with van der Waals surface area (Å²) in [6.45, 7) is 0.426. The van der Waals surface area contributed by atoms with Crippen molar-refractivity contribution in [3.05, 3.63) is 107 Å². The Balaban J connectivity index is 1.61. The van der Waals surface area contributed by atoms with Gasteiger partial charge in [0.15, 0.2) is 0 Å². The number of amides is 2. The van der Waals surface area contributed by atoms with Crippen molar-refractivity contribution in [1.29, 1.82) is 0 Å². The number of hydrogen-bond acceptors (Lipinski definition) is 3. The first-order valence-electron chi connectivity index (χ1n) is 10.9. The van der Waals surface area contributed by atoms with Gasteiger partial charge in [0.25, 0.3) is 0 Å². The van der Waals surface area contributed by atoms with Gasteiger partial charge in [0.2, 0.25) is 0 Å². The fraction of sp³-hybridized carbons (Fsp3) is 0.148. The molecule has 172 valence electrons. The quantitative estimate of drug-likeness (QED) is 0.379. The predicted molar refractivity (Wildman–Crippen MR) is 133 cm³/mol. The minimum absolute atomic E-state index is 0.266. The molecule has 1 N–H and O–H groups in total. The van der Waals surface area contributed by atoms with E-state index in [9.17, 15) is 4.79 Å². The summed E-state index contributed by atoms with van der Waals surface area (Å²) >= 11 is 6.35. The molecular weight excluding hydrogens is 450 g/mol. The van der Waals surface area contributed by atoms with Crippen LogP contribution in [0.2, 0.25) is 5.02 Å². The molecule has 1 aromatic heterocycles. The van der Waals surface area contributed by atoms with Crippen molar-refractivity contribution in [2.24, 2.45) is 0 Å². The van der Waals surface area contributed by atoms with Crippen LogP contribution < -0.4 is 14.8 Å². The summed E-state index contributed by atoms with van der Waals surface area (Å²) in [6, 6.07) is 25.0. The van der Waals surface area contributed by atoms with Gasteiger partial charge in [0.1, 0.15) is 11.5 Å². The molecule has 3 aromatic carbocycles. The number of aromatic nitrogens is 1. The van der Waals surface area contributed by atoms with Crippen molar-refractivity contribution in [3.8, 4) is 17.2 Å². The number of hydrogen-bond donors (Lipinski definition) is 1.